The minimum atomic E-state index is -4.24. The first-order chi connectivity index (χ1) is 15.2. The van der Waals surface area contributed by atoms with Crippen LogP contribution in [0.15, 0.2) is 77.7 Å². The molecule has 9 nitrogen and oxygen atoms in total. The largest absolute Gasteiger partial charge is 0.286 e. The predicted octanol–water partition coefficient (Wildman–Crippen LogP) is 3.42. The minimum Gasteiger partial charge on any atom is -0.266 e. The number of nitro benzene ring substituents is 1. The van der Waals surface area contributed by atoms with E-state index in [1.807, 2.05) is 42.0 Å². The van der Waals surface area contributed by atoms with Crippen molar-refractivity contribution < 1.29 is 18.1 Å². The first-order valence-corrected chi connectivity index (χ1v) is 11.1. The van der Waals surface area contributed by atoms with Crippen LogP contribution in [0.3, 0.4) is 0 Å². The van der Waals surface area contributed by atoms with E-state index < -0.39 is 20.9 Å². The Morgan fingerprint density at radius 3 is 2.34 bits per heavy atom. The number of rotatable bonds is 6. The molecule has 0 fully saturated rings. The van der Waals surface area contributed by atoms with Crippen molar-refractivity contribution in [2.75, 3.05) is 0 Å². The SMILES string of the molecule is Cc1ccc(Cn2nc(C(=O)NS(=O)(=O)c3ccc([N+](=O)[O-])cc3)c3ccccc32)cc1. The summed E-state index contributed by atoms with van der Waals surface area (Å²) >= 11 is 0. The van der Waals surface area contributed by atoms with Gasteiger partial charge in [-0.05, 0) is 30.7 Å². The fraction of sp³-hybridized carbons (Fsp3) is 0.0909. The van der Waals surface area contributed by atoms with Crippen LogP contribution in [-0.4, -0.2) is 29.0 Å². The quantitative estimate of drug-likeness (QED) is 0.355. The van der Waals surface area contributed by atoms with Gasteiger partial charge in [0.05, 0.1) is 21.9 Å². The van der Waals surface area contributed by atoms with Gasteiger partial charge >= 0.3 is 0 Å². The molecule has 1 heterocycles. The Balaban J connectivity index is 1.64. The first kappa shape index (κ1) is 21.2. The van der Waals surface area contributed by atoms with Crippen molar-refractivity contribution in [3.63, 3.8) is 0 Å². The number of benzene rings is 3. The fourth-order valence-electron chi connectivity index (χ4n) is 3.26. The zero-order valence-electron chi connectivity index (χ0n) is 16.9. The topological polar surface area (TPSA) is 124 Å². The number of aryl methyl sites for hydroxylation is 1. The summed E-state index contributed by atoms with van der Waals surface area (Å²) in [6, 6.07) is 19.2. The van der Waals surface area contributed by atoms with Crippen molar-refractivity contribution in [1.82, 2.24) is 14.5 Å². The highest BCUT2D eigenvalue weighted by Crippen LogP contribution is 2.21. The van der Waals surface area contributed by atoms with Crippen LogP contribution in [0.4, 0.5) is 5.69 Å². The Hall–Kier alpha value is -4.05. The number of sulfonamides is 1. The maximum atomic E-state index is 12.9. The van der Waals surface area contributed by atoms with E-state index in [1.54, 1.807) is 22.9 Å². The number of fused-ring (bicyclic) bond motifs is 1. The number of amides is 1. The van der Waals surface area contributed by atoms with Crippen molar-refractivity contribution in [2.24, 2.45) is 0 Å². The van der Waals surface area contributed by atoms with Crippen LogP contribution in [0, 0.1) is 17.0 Å². The van der Waals surface area contributed by atoms with Gasteiger partial charge < -0.3 is 0 Å². The molecule has 1 N–H and O–H groups in total. The maximum Gasteiger partial charge on any atom is 0.286 e. The van der Waals surface area contributed by atoms with E-state index in [4.69, 9.17) is 0 Å². The van der Waals surface area contributed by atoms with Crippen molar-refractivity contribution in [1.29, 1.82) is 0 Å². The van der Waals surface area contributed by atoms with E-state index in [-0.39, 0.29) is 16.3 Å². The van der Waals surface area contributed by atoms with Gasteiger partial charge in [-0.15, -0.1) is 0 Å². The number of non-ortho nitro benzene ring substituents is 1. The number of carbonyl (C=O) groups excluding carboxylic acids is 1. The van der Waals surface area contributed by atoms with E-state index >= 15 is 0 Å². The standard InChI is InChI=1S/C22H18N4O5S/c1-15-6-8-16(9-7-15)14-25-20-5-3-2-4-19(20)21(23-25)22(27)24-32(30,31)18-12-10-17(11-13-18)26(28)29/h2-13H,14H2,1H3,(H,24,27). The van der Waals surface area contributed by atoms with Gasteiger partial charge in [-0.2, -0.15) is 5.10 Å². The molecule has 32 heavy (non-hydrogen) atoms. The second-order valence-corrected chi connectivity index (χ2v) is 8.88. The van der Waals surface area contributed by atoms with Crippen molar-refractivity contribution >= 4 is 32.5 Å². The minimum absolute atomic E-state index is 0.0294. The monoisotopic (exact) mass is 450 g/mol. The highest BCUT2D eigenvalue weighted by Gasteiger charge is 2.24. The van der Waals surface area contributed by atoms with Crippen molar-refractivity contribution in [3.8, 4) is 0 Å². The maximum absolute atomic E-state index is 12.9. The molecule has 0 radical (unpaired) electrons. The van der Waals surface area contributed by atoms with Crippen LogP contribution < -0.4 is 4.72 Å². The molecule has 10 heteroatoms. The highest BCUT2D eigenvalue weighted by molar-refractivity contribution is 7.90. The molecular weight excluding hydrogens is 432 g/mol. The molecule has 0 atom stereocenters. The van der Waals surface area contributed by atoms with Gasteiger partial charge in [-0.1, -0.05) is 48.0 Å². The average Bonchev–Trinajstić information content (AvgIpc) is 3.14. The lowest BCUT2D eigenvalue weighted by molar-refractivity contribution is -0.384. The van der Waals surface area contributed by atoms with E-state index in [0.29, 0.717) is 17.4 Å². The molecule has 4 aromatic rings. The normalized spacial score (nSPS) is 11.4. The van der Waals surface area contributed by atoms with E-state index in [0.717, 1.165) is 35.4 Å². The zero-order valence-corrected chi connectivity index (χ0v) is 17.7. The second kappa shape index (κ2) is 8.23. The molecule has 4 rings (SSSR count). The van der Waals surface area contributed by atoms with E-state index in [9.17, 15) is 23.3 Å². The molecule has 0 saturated heterocycles. The van der Waals surface area contributed by atoms with Gasteiger partial charge in [-0.3, -0.25) is 19.6 Å². The van der Waals surface area contributed by atoms with Crippen LogP contribution in [0.25, 0.3) is 10.9 Å². The smallest absolute Gasteiger partial charge is 0.266 e. The number of hydrogen-bond donors (Lipinski definition) is 1. The van der Waals surface area contributed by atoms with Gasteiger partial charge in [0, 0.05) is 17.5 Å². The summed E-state index contributed by atoms with van der Waals surface area (Å²) in [6.45, 7) is 2.39. The summed E-state index contributed by atoms with van der Waals surface area (Å²) in [6.07, 6.45) is 0. The second-order valence-electron chi connectivity index (χ2n) is 7.19. The van der Waals surface area contributed by atoms with Crippen LogP contribution in [0.1, 0.15) is 21.6 Å². The number of nitrogens with one attached hydrogen (secondary N) is 1. The molecule has 1 aromatic heterocycles. The Kier molecular flexibility index (Phi) is 5.45. The average molecular weight is 450 g/mol. The summed E-state index contributed by atoms with van der Waals surface area (Å²) in [4.78, 5) is 22.7. The summed E-state index contributed by atoms with van der Waals surface area (Å²) in [7, 11) is -4.24. The van der Waals surface area contributed by atoms with E-state index in [1.165, 1.54) is 0 Å². The number of nitro groups is 1. The molecule has 0 spiro atoms. The third kappa shape index (κ3) is 4.21. The molecule has 1 amide bonds. The Morgan fingerprint density at radius 2 is 1.69 bits per heavy atom. The van der Waals surface area contributed by atoms with Crippen LogP contribution in [0.2, 0.25) is 0 Å². The number of nitrogens with zero attached hydrogens (tertiary/aromatic N) is 3. The van der Waals surface area contributed by atoms with E-state index in [2.05, 4.69) is 5.10 Å². The fourth-order valence-corrected chi connectivity index (χ4v) is 4.21. The van der Waals surface area contributed by atoms with Crippen LogP contribution in [-0.2, 0) is 16.6 Å². The molecule has 0 aliphatic carbocycles. The number of hydrogen-bond acceptors (Lipinski definition) is 6. The van der Waals surface area contributed by atoms with Crippen LogP contribution >= 0.6 is 0 Å². The molecule has 0 bridgehead atoms. The molecule has 162 valence electrons. The van der Waals surface area contributed by atoms with Crippen molar-refractivity contribution in [3.05, 3.63) is 99.7 Å². The molecule has 0 saturated carbocycles. The van der Waals surface area contributed by atoms with Gasteiger partial charge in [-0.25, -0.2) is 13.1 Å². The third-order valence-corrected chi connectivity index (χ3v) is 6.26. The lowest BCUT2D eigenvalue weighted by Gasteiger charge is -2.06. The Morgan fingerprint density at radius 1 is 1.03 bits per heavy atom. The van der Waals surface area contributed by atoms with Crippen molar-refractivity contribution in [2.45, 2.75) is 18.4 Å². The summed E-state index contributed by atoms with van der Waals surface area (Å²) in [5.41, 5.74) is 2.50. The number of aromatic nitrogens is 2. The summed E-state index contributed by atoms with van der Waals surface area (Å²) in [5.74, 6) is -0.887. The zero-order chi connectivity index (χ0) is 22.9. The first-order valence-electron chi connectivity index (χ1n) is 9.57. The summed E-state index contributed by atoms with van der Waals surface area (Å²) < 4.78 is 28.9. The molecule has 0 aliphatic heterocycles. The molecule has 3 aromatic carbocycles. The van der Waals surface area contributed by atoms with Gasteiger partial charge in [0.2, 0.25) is 0 Å². The summed E-state index contributed by atoms with van der Waals surface area (Å²) in [5, 5.41) is 15.7. The Labute approximate surface area is 183 Å². The van der Waals surface area contributed by atoms with Gasteiger partial charge in [0.25, 0.3) is 21.6 Å². The highest BCUT2D eigenvalue weighted by atomic mass is 32.2. The lowest BCUT2D eigenvalue weighted by atomic mass is 10.1. The predicted molar refractivity (Wildman–Crippen MR) is 118 cm³/mol. The number of para-hydroxylation sites is 1. The molecule has 0 aliphatic rings. The molecular formula is C22H18N4O5S. The van der Waals surface area contributed by atoms with Crippen LogP contribution in [0.5, 0.6) is 0 Å². The number of carbonyl (C=O) groups is 1. The molecule has 0 unspecified atom stereocenters. The van der Waals surface area contributed by atoms with Gasteiger partial charge in [0.1, 0.15) is 0 Å². The lowest BCUT2D eigenvalue weighted by Crippen LogP contribution is -2.31. The third-order valence-electron chi connectivity index (χ3n) is 4.91. The van der Waals surface area contributed by atoms with Gasteiger partial charge in [0.15, 0.2) is 5.69 Å². The Bertz CT molecular complexity index is 1430.